The number of H-pyrrole nitrogens is 1. The van der Waals surface area contributed by atoms with Gasteiger partial charge in [-0.2, -0.15) is 0 Å². The first-order valence-corrected chi connectivity index (χ1v) is 13.5. The van der Waals surface area contributed by atoms with Gasteiger partial charge in [0.15, 0.2) is 0 Å². The Labute approximate surface area is 218 Å². The molecule has 0 unspecified atom stereocenters. The van der Waals surface area contributed by atoms with Gasteiger partial charge in [0.1, 0.15) is 0 Å². The third-order valence-corrected chi connectivity index (χ3v) is 8.17. The third-order valence-electron chi connectivity index (χ3n) is 8.17. The molecule has 0 aliphatic carbocycles. The van der Waals surface area contributed by atoms with Gasteiger partial charge in [0.25, 0.3) is 0 Å². The van der Waals surface area contributed by atoms with Crippen LogP contribution in [-0.4, -0.2) is 19.4 Å². The summed E-state index contributed by atoms with van der Waals surface area (Å²) in [4.78, 5) is 14.0. The first kappa shape index (κ1) is 23.5. The molecule has 0 atom stereocenters. The number of para-hydroxylation sites is 1. The molecule has 8 bridgehead atoms. The van der Waals surface area contributed by atoms with Gasteiger partial charge in [-0.1, -0.05) is 39.0 Å². The van der Waals surface area contributed by atoms with Gasteiger partial charge < -0.3 is 9.38 Å². The SMILES string of the molecule is CCC1=C(C)c2cc3[nH]c(cn4cc(cc5nc(cc1n2)C(CC)=C5C)c1ccccc14)c(CC)c3C. The van der Waals surface area contributed by atoms with Crippen LogP contribution in [0.25, 0.3) is 49.6 Å². The van der Waals surface area contributed by atoms with Crippen LogP contribution in [0.5, 0.6) is 0 Å². The molecule has 186 valence electrons. The van der Waals surface area contributed by atoms with E-state index < -0.39 is 0 Å². The fraction of sp³-hybridized carbons (Fsp3) is 0.273. The average molecular weight is 487 g/mol. The summed E-state index contributed by atoms with van der Waals surface area (Å²) < 4.78 is 2.26. The molecule has 2 aliphatic rings. The highest BCUT2D eigenvalue weighted by atomic mass is 14.9. The lowest BCUT2D eigenvalue weighted by Crippen LogP contribution is -1.85. The number of nitrogens with one attached hydrogen (secondary N) is 1. The second kappa shape index (κ2) is 8.88. The van der Waals surface area contributed by atoms with E-state index in [1.54, 1.807) is 0 Å². The predicted octanol–water partition coefficient (Wildman–Crippen LogP) is 8.79. The van der Waals surface area contributed by atoms with Gasteiger partial charge in [0.05, 0.1) is 33.8 Å². The molecule has 5 heterocycles. The number of benzene rings is 1. The smallest absolute Gasteiger partial charge is 0.0693 e. The summed E-state index contributed by atoms with van der Waals surface area (Å²) in [6.45, 7) is 13.3. The number of rotatable bonds is 3. The maximum Gasteiger partial charge on any atom is 0.0693 e. The Kier molecular flexibility index (Phi) is 5.63. The molecular weight excluding hydrogens is 452 g/mol. The molecule has 0 saturated carbocycles. The topological polar surface area (TPSA) is 46.0 Å². The van der Waals surface area contributed by atoms with Crippen LogP contribution < -0.4 is 0 Å². The van der Waals surface area contributed by atoms with Crippen molar-refractivity contribution in [2.45, 2.75) is 60.8 Å². The van der Waals surface area contributed by atoms with Gasteiger partial charge in [-0.05, 0) is 97.7 Å². The zero-order valence-electron chi connectivity index (χ0n) is 22.7. The standard InChI is InChI=1S/C33H34N4/c1-7-23-19(4)27-14-22-17-37(33-13-11-10-12-26(22)33)18-32-25(9-3)21(6)29(36-32)15-28-20(5)24(8-2)31(35-28)16-30(23)34-27/h10-18,36H,7-9H2,1-6H3. The summed E-state index contributed by atoms with van der Waals surface area (Å²) in [5, 5.41) is 2.41. The van der Waals surface area contributed by atoms with Crippen molar-refractivity contribution < 1.29 is 0 Å². The van der Waals surface area contributed by atoms with E-state index in [9.17, 15) is 0 Å². The van der Waals surface area contributed by atoms with Crippen LogP contribution in [0.4, 0.5) is 0 Å². The number of hydrogen-bond acceptors (Lipinski definition) is 2. The summed E-state index contributed by atoms with van der Waals surface area (Å²) >= 11 is 0. The first-order chi connectivity index (χ1) is 17.9. The fourth-order valence-corrected chi connectivity index (χ4v) is 6.06. The van der Waals surface area contributed by atoms with Crippen LogP contribution in [0.1, 0.15) is 81.4 Å². The van der Waals surface area contributed by atoms with Crippen molar-refractivity contribution in [2.75, 3.05) is 0 Å². The minimum absolute atomic E-state index is 0.943. The molecular formula is C33H34N4. The Bertz CT molecular complexity index is 1810. The summed E-state index contributed by atoms with van der Waals surface area (Å²) in [5.74, 6) is 0. The molecule has 6 rings (SSSR count). The second-order valence-electron chi connectivity index (χ2n) is 10.2. The van der Waals surface area contributed by atoms with Crippen molar-refractivity contribution in [1.82, 2.24) is 19.4 Å². The molecule has 4 aromatic rings. The van der Waals surface area contributed by atoms with Gasteiger partial charge in [-0.3, -0.25) is 0 Å². The van der Waals surface area contributed by atoms with E-state index in [0.29, 0.717) is 0 Å². The zero-order valence-corrected chi connectivity index (χ0v) is 22.7. The van der Waals surface area contributed by atoms with Gasteiger partial charge in [0.2, 0.25) is 0 Å². The number of aryl methyl sites for hydroxylation is 2. The molecule has 0 saturated heterocycles. The Morgan fingerprint density at radius 3 is 2.00 bits per heavy atom. The highest BCUT2D eigenvalue weighted by molar-refractivity contribution is 6.00. The Morgan fingerprint density at radius 1 is 0.703 bits per heavy atom. The van der Waals surface area contributed by atoms with Crippen molar-refractivity contribution in [3.05, 3.63) is 88.8 Å². The van der Waals surface area contributed by atoms with Crippen molar-refractivity contribution in [1.29, 1.82) is 0 Å². The van der Waals surface area contributed by atoms with Crippen molar-refractivity contribution >= 4 is 49.6 Å². The van der Waals surface area contributed by atoms with Crippen molar-refractivity contribution in [2.24, 2.45) is 0 Å². The van der Waals surface area contributed by atoms with Crippen molar-refractivity contribution in [3.63, 3.8) is 0 Å². The third kappa shape index (κ3) is 3.66. The minimum Gasteiger partial charge on any atom is -0.354 e. The predicted molar refractivity (Wildman–Crippen MR) is 157 cm³/mol. The molecule has 0 radical (unpaired) electrons. The van der Waals surface area contributed by atoms with E-state index in [2.05, 4.69) is 106 Å². The molecule has 1 N–H and O–H groups in total. The first-order valence-electron chi connectivity index (χ1n) is 13.5. The van der Waals surface area contributed by atoms with E-state index in [1.165, 1.54) is 49.7 Å². The van der Waals surface area contributed by atoms with Crippen LogP contribution in [0.15, 0.2) is 54.9 Å². The van der Waals surface area contributed by atoms with Gasteiger partial charge in [-0.25, -0.2) is 9.97 Å². The molecule has 0 fully saturated rings. The molecule has 3 aromatic heterocycles. The Hall–Kier alpha value is -3.92. The highest BCUT2D eigenvalue weighted by Gasteiger charge is 2.20. The maximum absolute atomic E-state index is 5.16. The number of aromatic amines is 1. The number of fused-ring (bicyclic) bond motifs is 11. The second-order valence-corrected chi connectivity index (χ2v) is 10.2. The molecule has 0 amide bonds. The monoisotopic (exact) mass is 486 g/mol. The quantitative estimate of drug-likeness (QED) is 0.314. The molecule has 37 heavy (non-hydrogen) atoms. The molecule has 2 aliphatic heterocycles. The number of aromatic nitrogens is 4. The Balaban J connectivity index is 1.83. The van der Waals surface area contributed by atoms with Crippen LogP contribution >= 0.6 is 0 Å². The lowest BCUT2D eigenvalue weighted by molar-refractivity contribution is 1.13. The van der Waals surface area contributed by atoms with Gasteiger partial charge in [0, 0.05) is 28.7 Å². The summed E-state index contributed by atoms with van der Waals surface area (Å²) in [6.07, 6.45) is 7.33. The van der Waals surface area contributed by atoms with Crippen LogP contribution in [0.3, 0.4) is 0 Å². The van der Waals surface area contributed by atoms with E-state index in [4.69, 9.17) is 9.97 Å². The van der Waals surface area contributed by atoms with Crippen molar-refractivity contribution in [3.8, 4) is 0 Å². The van der Waals surface area contributed by atoms with Gasteiger partial charge in [-0.15, -0.1) is 0 Å². The van der Waals surface area contributed by atoms with E-state index in [-0.39, 0.29) is 0 Å². The van der Waals surface area contributed by atoms with E-state index in [0.717, 1.165) is 53.1 Å². The summed E-state index contributed by atoms with van der Waals surface area (Å²) in [5.41, 5.74) is 15.4. The lowest BCUT2D eigenvalue weighted by Gasteiger charge is -2.02. The molecule has 0 spiro atoms. The fourth-order valence-electron chi connectivity index (χ4n) is 6.06. The normalized spacial score (nSPS) is 13.8. The molecule has 1 aromatic carbocycles. The molecule has 4 nitrogen and oxygen atoms in total. The number of nitrogens with zero attached hydrogens (tertiary/aromatic N) is 3. The van der Waals surface area contributed by atoms with Gasteiger partial charge >= 0.3 is 0 Å². The van der Waals surface area contributed by atoms with Crippen LogP contribution in [-0.2, 0) is 6.42 Å². The maximum atomic E-state index is 5.16. The number of hydrogen-bond donors (Lipinski definition) is 1. The van der Waals surface area contributed by atoms with E-state index >= 15 is 0 Å². The summed E-state index contributed by atoms with van der Waals surface area (Å²) in [6, 6.07) is 15.3. The minimum atomic E-state index is 0.943. The largest absolute Gasteiger partial charge is 0.354 e. The lowest BCUT2D eigenvalue weighted by atomic mass is 10.0. The van der Waals surface area contributed by atoms with E-state index in [1.807, 2.05) is 0 Å². The summed E-state index contributed by atoms with van der Waals surface area (Å²) in [7, 11) is 0. The highest BCUT2D eigenvalue weighted by Crippen LogP contribution is 2.37. The van der Waals surface area contributed by atoms with Crippen LogP contribution in [0, 0.1) is 6.92 Å². The number of allylic oxidation sites excluding steroid dienone is 4. The average Bonchev–Trinajstić information content (AvgIpc) is 3.57. The zero-order chi connectivity index (χ0) is 25.8. The van der Waals surface area contributed by atoms with Crippen LogP contribution in [0.2, 0.25) is 0 Å². The Morgan fingerprint density at radius 2 is 1.35 bits per heavy atom. The molecule has 4 heteroatoms.